The van der Waals surface area contributed by atoms with Crippen LogP contribution in [0.25, 0.3) is 0 Å². The first-order chi connectivity index (χ1) is 55.6. The van der Waals surface area contributed by atoms with E-state index in [4.69, 9.17) is 21.5 Å². The zero-order valence-electron chi connectivity index (χ0n) is 70.4. The Kier molecular flexibility index (Phi) is 46.1. The van der Waals surface area contributed by atoms with Crippen molar-refractivity contribution in [3.8, 4) is 5.75 Å². The molecule has 0 unspecified atom stereocenters. The monoisotopic (exact) mass is 1770 g/mol. The molecular formula is C83H104Cl5N27O5S. The Morgan fingerprint density at radius 2 is 0.678 bits per heavy atom. The molecule has 0 radical (unpaired) electrons. The van der Waals surface area contributed by atoms with Crippen molar-refractivity contribution in [1.82, 2.24) is 18.3 Å². The van der Waals surface area contributed by atoms with E-state index in [2.05, 4.69) is 71.0 Å². The van der Waals surface area contributed by atoms with Crippen LogP contribution in [0.1, 0.15) is 11.1 Å². The summed E-state index contributed by atoms with van der Waals surface area (Å²) >= 11 is 0. The standard InChI is InChI=1S/C17H18N6.C15H18N3O.C14H16N3.C13H18N5.C12H15N5.C11H13N5.CH4O4S.5ClH/c1-22-11-12-23(2)17(22)21-20-16-9-7-15(8-10-16)19-14-5-3-13(18)4-6-14;1-17-10-8-13(9-11-17)12-16-18(2)14-4-6-15(19-3)7-5-14;1-16-10-8-13(9-11-16)12-15-17(2)14-6-4-3-5-7-14;1-16(2)12-7-5-11(6-8-12)14-15-13-17(3)9-10-18(13)4;1-13-10-4-6-11(7-5-10)14-15-12-16(2)8-9-17(12)3;1-15-7-8-16(2)11(15)14-13-10-5-3-9(12)4-6-10;1-6(3,4)5-2;;;;;/h3-12H,1-2H3,(H2,18,20);4-12H,1-3H3;3-12H,1-2H3;5-10H,1-4H3;4-9H,1-3H3;3-8,12H,1-2H3;2H,1H3;5*1H/q;3*+1;;;;;;;;/p-3. The molecule has 0 fully saturated rings. The van der Waals surface area contributed by atoms with Crippen LogP contribution in [0.3, 0.4) is 0 Å². The Bertz CT molecular complexity index is 5370. The fourth-order valence-electron chi connectivity index (χ4n) is 9.78. The topological polar surface area (TPSA) is 328 Å². The first-order valence-corrected chi connectivity index (χ1v) is 37.9. The Morgan fingerprint density at radius 1 is 0.397 bits per heavy atom. The Balaban J connectivity index is 0.000000483. The van der Waals surface area contributed by atoms with Crippen molar-refractivity contribution in [2.45, 2.75) is 0 Å². The Hall–Kier alpha value is -12.9. The minimum Gasteiger partial charge on any atom is -1.00 e. The lowest BCUT2D eigenvalue weighted by atomic mass is 10.2. The number of aromatic nitrogens is 10. The lowest BCUT2D eigenvalue weighted by molar-refractivity contribution is -0.671. The summed E-state index contributed by atoms with van der Waals surface area (Å²) in [6.07, 6.45) is 27.9. The minimum atomic E-state index is -3.72. The highest BCUT2D eigenvalue weighted by Crippen LogP contribution is 2.25. The number of halogens is 5. The quantitative estimate of drug-likeness (QED) is 0.0151. The van der Waals surface area contributed by atoms with Gasteiger partial charge in [-0.25, -0.2) is 54.1 Å². The molecule has 13 aromatic rings. The molecule has 0 amide bonds. The minimum absolute atomic E-state index is 0. The average Bonchev–Trinajstić information content (AvgIpc) is 1.10. The highest BCUT2D eigenvalue weighted by atomic mass is 35.5. The highest BCUT2D eigenvalue weighted by Gasteiger charge is 2.14. The molecule has 642 valence electrons. The van der Waals surface area contributed by atoms with Crippen molar-refractivity contribution in [2.24, 2.45) is 122 Å². The van der Waals surface area contributed by atoms with Gasteiger partial charge < -0.3 is 103 Å². The van der Waals surface area contributed by atoms with Gasteiger partial charge in [-0.1, -0.05) is 38.7 Å². The molecule has 121 heavy (non-hydrogen) atoms. The van der Waals surface area contributed by atoms with Crippen LogP contribution in [-0.2, 0) is 84.9 Å². The number of methoxy groups -OCH3 is 1. The Labute approximate surface area is 738 Å². The fourth-order valence-corrected chi connectivity index (χ4v) is 9.78. The number of hydrogen-bond donors (Lipinski definition) is 4. The summed E-state index contributed by atoms with van der Waals surface area (Å²) in [5.74, 6) is 4.04. The van der Waals surface area contributed by atoms with Gasteiger partial charge in [0.2, 0.25) is 0 Å². The van der Waals surface area contributed by atoms with Gasteiger partial charge in [-0.2, -0.15) is 10.2 Å². The van der Waals surface area contributed by atoms with Crippen LogP contribution in [-0.4, -0.2) is 87.7 Å². The maximum Gasteiger partial charge on any atom is 0.421 e. The maximum atomic E-state index is 9.47. The van der Waals surface area contributed by atoms with Gasteiger partial charge >= 0.3 is 23.8 Å². The number of nitrogen functional groups attached to an aromatic ring is 2. The number of para-hydroxylation sites is 1. The number of nitrogens with zero attached hydrogens (tertiary/aromatic N) is 23. The van der Waals surface area contributed by atoms with Gasteiger partial charge in [0, 0.05) is 125 Å². The molecule has 0 aliphatic rings. The molecule has 13 rings (SSSR count). The second kappa shape index (κ2) is 53.5. The van der Waals surface area contributed by atoms with Gasteiger partial charge in [0.25, 0.3) is 10.1 Å². The second-order valence-electron chi connectivity index (χ2n) is 26.1. The van der Waals surface area contributed by atoms with Crippen molar-refractivity contribution in [3.05, 3.63) is 286 Å². The number of rotatable bonds is 20. The summed E-state index contributed by atoms with van der Waals surface area (Å²) in [4.78, 5) is 2.05. The molecule has 0 bridgehead atoms. The van der Waals surface area contributed by atoms with E-state index >= 15 is 0 Å². The number of azo groups is 4. The zero-order valence-corrected chi connectivity index (χ0v) is 75.0. The van der Waals surface area contributed by atoms with Gasteiger partial charge in [-0.3, -0.25) is 10.0 Å². The normalized spacial score (nSPS) is 10.5. The van der Waals surface area contributed by atoms with Gasteiger partial charge in [0.05, 0.1) is 143 Å². The lowest BCUT2D eigenvalue weighted by Gasteiger charge is -2.12. The third kappa shape index (κ3) is 36.5. The van der Waals surface area contributed by atoms with E-state index in [1.54, 1.807) is 19.2 Å². The van der Waals surface area contributed by atoms with Gasteiger partial charge in [-0.15, -0.1) is 0 Å². The molecule has 6 aromatic heterocycles. The first-order valence-electron chi connectivity index (χ1n) is 36.1. The fraction of sp³-hybridized carbons (Fsp3) is 0.205. The van der Waals surface area contributed by atoms with Crippen molar-refractivity contribution in [3.63, 3.8) is 0 Å². The summed E-state index contributed by atoms with van der Waals surface area (Å²) in [6, 6.07) is 64.4. The van der Waals surface area contributed by atoms with Crippen LogP contribution in [0.5, 0.6) is 5.75 Å². The maximum absolute atomic E-state index is 9.47. The molecule has 0 spiro atoms. The largest absolute Gasteiger partial charge is 1.00 e. The van der Waals surface area contributed by atoms with Crippen molar-refractivity contribution in [1.29, 1.82) is 0 Å². The first kappa shape index (κ1) is 104. The van der Waals surface area contributed by atoms with Crippen LogP contribution in [0.4, 0.5) is 92.0 Å². The van der Waals surface area contributed by atoms with Crippen LogP contribution in [0.15, 0.2) is 326 Å². The third-order valence-corrected chi connectivity index (χ3v) is 16.8. The predicted molar refractivity (Wildman–Crippen MR) is 454 cm³/mol. The van der Waals surface area contributed by atoms with Gasteiger partial charge in [0.15, 0.2) is 24.8 Å². The SMILES string of the molecule is CN(/N=C/c1cc[n+](C)cc1)c1ccccc1.CN(C)c1ccc(N=Nc2n(C)cc[n+]2C)cc1.CNc1ccc(N=Nc2n(C)cc[n+]2C)cc1.COc1ccc(N(C)/N=C/c2cc[n+](C)cc2)cc1.CS(=O)(=O)O[O-].Cn1cc[n+](C)c1N=Nc1ccc(N)cc1.Cn1cc[n+](C)c1N=Nc1ccc(Nc2ccc(N)cc2)cc1.[Cl-].[Cl-].[Cl-].[Cl-].[Cl-]. The molecule has 6 heterocycles. The van der Waals surface area contributed by atoms with E-state index in [1.807, 2.05) is 436 Å². The molecule has 0 atom stereocenters. The zero-order chi connectivity index (χ0) is 84.1. The van der Waals surface area contributed by atoms with Crippen molar-refractivity contribution >= 4 is 115 Å². The number of ether oxygens (including phenoxy) is 1. The molecule has 38 heteroatoms. The molecule has 0 aliphatic heterocycles. The number of pyridine rings is 2. The number of anilines is 8. The number of hydrogen-bond acceptors (Lipinski definition) is 22. The highest BCUT2D eigenvalue weighted by molar-refractivity contribution is 7.85. The summed E-state index contributed by atoms with van der Waals surface area (Å²) in [7, 11) is 27.2. The molecule has 32 nitrogen and oxygen atoms in total. The van der Waals surface area contributed by atoms with Crippen LogP contribution >= 0.6 is 0 Å². The number of nitrogens with two attached hydrogens (primary N) is 2. The second-order valence-corrected chi connectivity index (χ2v) is 27.7. The summed E-state index contributed by atoms with van der Waals surface area (Å²) in [6.45, 7) is 0. The smallest absolute Gasteiger partial charge is 0.421 e. The van der Waals surface area contributed by atoms with E-state index in [1.165, 1.54) is 0 Å². The van der Waals surface area contributed by atoms with Crippen molar-refractivity contribution in [2.75, 3.05) is 85.6 Å². The number of aryl methyl sites for hydroxylation is 10. The number of benzene rings is 7. The van der Waals surface area contributed by atoms with E-state index in [-0.39, 0.29) is 62.0 Å². The lowest BCUT2D eigenvalue weighted by Crippen LogP contribution is -3.00. The Morgan fingerprint density at radius 3 is 0.967 bits per heavy atom. The van der Waals surface area contributed by atoms with E-state index < -0.39 is 10.1 Å². The van der Waals surface area contributed by atoms with E-state index in [9.17, 15) is 8.42 Å². The number of hydrazone groups is 2. The molecule has 0 saturated carbocycles. The van der Waals surface area contributed by atoms with Crippen LogP contribution < -0.4 is 136 Å². The molecular weight excluding hydrogens is 1660 g/mol. The van der Waals surface area contributed by atoms with E-state index in [0.29, 0.717) is 6.26 Å². The van der Waals surface area contributed by atoms with Crippen molar-refractivity contribution < 1.29 is 112 Å². The molecule has 7 aromatic carbocycles. The van der Waals surface area contributed by atoms with Crippen LogP contribution in [0, 0.1) is 0 Å². The number of imidazole rings is 4. The summed E-state index contributed by atoms with van der Waals surface area (Å²) in [5, 5.41) is 61.5. The van der Waals surface area contributed by atoms with Gasteiger partial charge in [-0.05, 0) is 158 Å². The number of nitrogens with one attached hydrogen (secondary N) is 2. The molecule has 0 aliphatic carbocycles. The predicted octanol–water partition coefficient (Wildman–Crippen LogP) is -2.70. The van der Waals surface area contributed by atoms with Crippen LogP contribution in [0.2, 0.25) is 0 Å². The van der Waals surface area contributed by atoms with Gasteiger partial charge in [0.1, 0.15) is 42.6 Å². The average molecular weight is 1770 g/mol. The summed E-state index contributed by atoms with van der Waals surface area (Å²) < 4.78 is 46.1. The molecule has 6 N–H and O–H groups in total. The molecule has 0 saturated heterocycles. The summed E-state index contributed by atoms with van der Waals surface area (Å²) in [5.41, 5.74) is 24.4. The third-order valence-electron chi connectivity index (χ3n) is 16.5. The van der Waals surface area contributed by atoms with E-state index in [0.717, 1.165) is 109 Å².